The molecule has 0 saturated carbocycles. The number of rotatable bonds is 1. The molecule has 1 atom stereocenters. The largest absolute Gasteiger partial charge is 0.459 e. The molecule has 1 N–H and O–H groups in total. The van der Waals surface area contributed by atoms with Crippen LogP contribution in [0, 0.1) is 5.41 Å². The van der Waals surface area contributed by atoms with Gasteiger partial charge in [0.1, 0.15) is 5.71 Å². The predicted molar refractivity (Wildman–Crippen MR) is 66.0 cm³/mol. The monoisotopic (exact) mass is 310 g/mol. The number of aliphatic hydroxyl groups is 1. The molecule has 0 saturated heterocycles. The first-order chi connectivity index (χ1) is 9.34. The van der Waals surface area contributed by atoms with Gasteiger partial charge in [0.05, 0.1) is 6.61 Å². The second-order valence-electron chi connectivity index (χ2n) is 5.63. The molecule has 1 heterocycles. The van der Waals surface area contributed by atoms with Crippen LogP contribution in [-0.4, -0.2) is 46.2 Å². The zero-order valence-electron chi connectivity index (χ0n) is 12.1. The van der Waals surface area contributed by atoms with Crippen LogP contribution in [0.1, 0.15) is 34.1 Å². The van der Waals surface area contributed by atoms with E-state index in [1.807, 2.05) is 0 Å². The van der Waals surface area contributed by atoms with E-state index < -0.39 is 41.3 Å². The molecule has 1 amide bonds. The molecule has 0 fully saturated rings. The van der Waals surface area contributed by atoms with Gasteiger partial charge < -0.3 is 9.84 Å². The average molecular weight is 310 g/mol. The third kappa shape index (κ3) is 3.17. The van der Waals surface area contributed by atoms with Crippen molar-refractivity contribution in [2.24, 2.45) is 10.5 Å². The number of alkyl halides is 3. The summed E-state index contributed by atoms with van der Waals surface area (Å²) in [6.07, 6.45) is -5.71. The summed E-state index contributed by atoms with van der Waals surface area (Å²) >= 11 is 0. The zero-order valence-corrected chi connectivity index (χ0v) is 12.1. The number of nitrogens with zero attached hydrogens (tertiary/aromatic N) is 2. The first-order valence-corrected chi connectivity index (χ1v) is 6.23. The Hall–Kier alpha value is -1.64. The van der Waals surface area contributed by atoms with Gasteiger partial charge in [0.2, 0.25) is 0 Å². The Morgan fingerprint density at radius 2 is 1.90 bits per heavy atom. The molecule has 1 aliphatic heterocycles. The van der Waals surface area contributed by atoms with Gasteiger partial charge in [-0.1, -0.05) is 20.8 Å². The summed E-state index contributed by atoms with van der Waals surface area (Å²) in [5.41, 5.74) is -4.74. The maximum Gasteiger partial charge on any atom is 0.431 e. The van der Waals surface area contributed by atoms with E-state index in [-0.39, 0.29) is 11.6 Å². The first-order valence-electron chi connectivity index (χ1n) is 6.23. The van der Waals surface area contributed by atoms with Gasteiger partial charge >= 0.3 is 18.1 Å². The second kappa shape index (κ2) is 5.28. The molecule has 6 nitrogen and oxygen atoms in total. The molecule has 0 aliphatic carbocycles. The summed E-state index contributed by atoms with van der Waals surface area (Å²) in [5.74, 6) is -2.80. The molecule has 0 aromatic rings. The minimum absolute atomic E-state index is 0.123. The Morgan fingerprint density at radius 3 is 2.29 bits per heavy atom. The molecule has 0 unspecified atom stereocenters. The average Bonchev–Trinajstić information content (AvgIpc) is 2.67. The summed E-state index contributed by atoms with van der Waals surface area (Å²) in [4.78, 5) is 23.3. The minimum atomic E-state index is -4.80. The van der Waals surface area contributed by atoms with Crippen LogP contribution >= 0.6 is 0 Å². The number of hydrogen-bond acceptors (Lipinski definition) is 5. The van der Waals surface area contributed by atoms with Crippen molar-refractivity contribution in [2.75, 3.05) is 6.61 Å². The van der Waals surface area contributed by atoms with Crippen LogP contribution in [0.25, 0.3) is 0 Å². The Bertz CT molecular complexity index is 482. The molecule has 0 spiro atoms. The van der Waals surface area contributed by atoms with Crippen molar-refractivity contribution in [1.82, 2.24) is 5.01 Å². The molecule has 0 aromatic heterocycles. The molecule has 0 aromatic carbocycles. The Kier molecular flexibility index (Phi) is 4.38. The third-order valence-electron chi connectivity index (χ3n) is 3.16. The van der Waals surface area contributed by atoms with E-state index >= 15 is 0 Å². The lowest BCUT2D eigenvalue weighted by Gasteiger charge is -2.41. The van der Waals surface area contributed by atoms with Crippen molar-refractivity contribution in [3.05, 3.63) is 0 Å². The molecule has 0 radical (unpaired) electrons. The van der Waals surface area contributed by atoms with Crippen molar-refractivity contribution < 1.29 is 32.6 Å². The van der Waals surface area contributed by atoms with Gasteiger partial charge in [0, 0.05) is 11.8 Å². The van der Waals surface area contributed by atoms with Crippen LogP contribution in [-0.2, 0) is 14.3 Å². The van der Waals surface area contributed by atoms with E-state index in [9.17, 15) is 27.9 Å². The quantitative estimate of drug-likeness (QED) is 0.587. The number of ether oxygens (including phenoxy) is 1. The molecular weight excluding hydrogens is 293 g/mol. The van der Waals surface area contributed by atoms with Crippen LogP contribution in [0.5, 0.6) is 0 Å². The highest BCUT2D eigenvalue weighted by Crippen LogP contribution is 2.43. The van der Waals surface area contributed by atoms with E-state index in [1.54, 1.807) is 0 Å². The molecular formula is C12H17F3N2O4. The third-order valence-corrected chi connectivity index (χ3v) is 3.16. The standard InChI is InChI=1S/C12H17F3N2O4/c1-5-21-9(19)8(18)17-11(20,10(2,3)4)6-7(16-17)12(13,14)15/h20H,5-6H2,1-4H3/t11-/m0/s1. The van der Waals surface area contributed by atoms with Crippen LogP contribution in [0.3, 0.4) is 0 Å². The van der Waals surface area contributed by atoms with Crippen LogP contribution in [0.2, 0.25) is 0 Å². The number of carbonyl (C=O) groups is 2. The van der Waals surface area contributed by atoms with Gasteiger partial charge in [0.25, 0.3) is 0 Å². The van der Waals surface area contributed by atoms with Gasteiger partial charge in [-0.05, 0) is 6.92 Å². The van der Waals surface area contributed by atoms with Gasteiger partial charge in [-0.15, -0.1) is 0 Å². The van der Waals surface area contributed by atoms with Gasteiger partial charge in [-0.25, -0.2) is 4.79 Å². The number of amides is 1. The van der Waals surface area contributed by atoms with Crippen LogP contribution in [0.4, 0.5) is 13.2 Å². The fourth-order valence-electron chi connectivity index (χ4n) is 1.78. The number of carbonyl (C=O) groups excluding carboxylic acids is 2. The maximum absolute atomic E-state index is 12.8. The number of hydrogen-bond donors (Lipinski definition) is 1. The summed E-state index contributed by atoms with van der Waals surface area (Å²) in [6, 6.07) is 0. The van der Waals surface area contributed by atoms with E-state index in [4.69, 9.17) is 0 Å². The minimum Gasteiger partial charge on any atom is -0.459 e. The highest BCUT2D eigenvalue weighted by molar-refractivity contribution is 6.32. The Balaban J connectivity index is 3.24. The van der Waals surface area contributed by atoms with Crippen molar-refractivity contribution >= 4 is 17.6 Å². The topological polar surface area (TPSA) is 79.2 Å². The van der Waals surface area contributed by atoms with Crippen molar-refractivity contribution in [2.45, 2.75) is 46.0 Å². The number of halogens is 3. The van der Waals surface area contributed by atoms with E-state index in [2.05, 4.69) is 9.84 Å². The second-order valence-corrected chi connectivity index (χ2v) is 5.63. The molecule has 1 aliphatic rings. The zero-order chi connectivity index (χ0) is 16.6. The molecule has 120 valence electrons. The van der Waals surface area contributed by atoms with Crippen molar-refractivity contribution in [3.8, 4) is 0 Å². The lowest BCUT2D eigenvalue weighted by molar-refractivity contribution is -0.190. The van der Waals surface area contributed by atoms with Crippen LogP contribution < -0.4 is 0 Å². The molecule has 21 heavy (non-hydrogen) atoms. The summed E-state index contributed by atoms with van der Waals surface area (Å²) in [5, 5.41) is 13.8. The number of hydrazone groups is 1. The Labute approximate surface area is 119 Å². The maximum atomic E-state index is 12.8. The molecule has 1 rings (SSSR count). The van der Waals surface area contributed by atoms with Gasteiger partial charge in [-0.2, -0.15) is 23.3 Å². The molecule has 9 heteroatoms. The van der Waals surface area contributed by atoms with Crippen molar-refractivity contribution in [1.29, 1.82) is 0 Å². The fraction of sp³-hybridized carbons (Fsp3) is 0.750. The van der Waals surface area contributed by atoms with Gasteiger partial charge in [0.15, 0.2) is 5.72 Å². The summed E-state index contributed by atoms with van der Waals surface area (Å²) in [7, 11) is 0. The highest BCUT2D eigenvalue weighted by Gasteiger charge is 2.58. The summed E-state index contributed by atoms with van der Waals surface area (Å²) in [6.45, 7) is 5.63. The number of esters is 1. The molecule has 0 bridgehead atoms. The normalized spacial score (nSPS) is 23.0. The fourth-order valence-corrected chi connectivity index (χ4v) is 1.78. The lowest BCUT2D eigenvalue weighted by atomic mass is 9.80. The lowest BCUT2D eigenvalue weighted by Crippen LogP contribution is -2.56. The predicted octanol–water partition coefficient (Wildman–Crippen LogP) is 1.43. The van der Waals surface area contributed by atoms with Crippen LogP contribution in [0.15, 0.2) is 5.10 Å². The van der Waals surface area contributed by atoms with E-state index in [0.717, 1.165) is 0 Å². The smallest absolute Gasteiger partial charge is 0.431 e. The van der Waals surface area contributed by atoms with E-state index in [1.165, 1.54) is 27.7 Å². The Morgan fingerprint density at radius 1 is 1.38 bits per heavy atom. The summed E-state index contributed by atoms with van der Waals surface area (Å²) < 4.78 is 42.8. The SMILES string of the molecule is CCOC(=O)C(=O)N1N=C(C(F)(F)F)C[C@]1(O)C(C)(C)C. The van der Waals surface area contributed by atoms with Crippen molar-refractivity contribution in [3.63, 3.8) is 0 Å². The highest BCUT2D eigenvalue weighted by atomic mass is 19.4. The first kappa shape index (κ1) is 17.4. The van der Waals surface area contributed by atoms with Gasteiger partial charge in [-0.3, -0.25) is 4.79 Å². The van der Waals surface area contributed by atoms with E-state index in [0.29, 0.717) is 0 Å².